The third-order valence-corrected chi connectivity index (χ3v) is 5.74. The van der Waals surface area contributed by atoms with Crippen LogP contribution in [0.4, 0.5) is 19.0 Å². The number of quaternary nitrogens is 1. The fourth-order valence-corrected chi connectivity index (χ4v) is 4.39. The highest BCUT2D eigenvalue weighted by atomic mass is 32.1. The average molecular weight is 397 g/mol. The van der Waals surface area contributed by atoms with Crippen LogP contribution in [0.2, 0.25) is 0 Å². The van der Waals surface area contributed by atoms with Crippen molar-refractivity contribution in [1.82, 2.24) is 9.55 Å². The number of alkyl halides is 3. The van der Waals surface area contributed by atoms with Crippen molar-refractivity contribution in [3.05, 3.63) is 50.5 Å². The predicted octanol–water partition coefficient (Wildman–Crippen LogP) is 2.62. The Kier molecular flexibility index (Phi) is 4.59. The van der Waals surface area contributed by atoms with E-state index in [4.69, 9.17) is 12.2 Å². The van der Waals surface area contributed by atoms with Gasteiger partial charge < -0.3 is 10.2 Å². The smallest absolute Gasteiger partial charge is 0.324 e. The van der Waals surface area contributed by atoms with Crippen LogP contribution in [0.3, 0.4) is 0 Å². The summed E-state index contributed by atoms with van der Waals surface area (Å²) in [5.74, 6) is 0.491. The molecule has 27 heavy (non-hydrogen) atoms. The summed E-state index contributed by atoms with van der Waals surface area (Å²) in [6.45, 7) is 1.16. The van der Waals surface area contributed by atoms with Gasteiger partial charge >= 0.3 is 6.18 Å². The van der Waals surface area contributed by atoms with Crippen LogP contribution in [0.15, 0.2) is 29.1 Å². The van der Waals surface area contributed by atoms with E-state index in [-0.39, 0.29) is 16.0 Å². The van der Waals surface area contributed by atoms with Gasteiger partial charge in [0.05, 0.1) is 17.3 Å². The molecule has 0 spiro atoms. The number of hydrogen-bond donors (Lipinski definition) is 3. The Bertz CT molecular complexity index is 976. The minimum absolute atomic E-state index is 0.0786. The summed E-state index contributed by atoms with van der Waals surface area (Å²) in [5.41, 5.74) is -0.218. The van der Waals surface area contributed by atoms with Gasteiger partial charge in [-0.15, -0.1) is 0 Å². The molecule has 1 saturated carbocycles. The summed E-state index contributed by atoms with van der Waals surface area (Å²) in [6, 6.07) is 5.48. The van der Waals surface area contributed by atoms with Crippen LogP contribution in [0.25, 0.3) is 5.69 Å². The number of anilines is 1. The van der Waals surface area contributed by atoms with Crippen LogP contribution in [0.5, 0.6) is 0 Å². The van der Waals surface area contributed by atoms with Gasteiger partial charge in [0.15, 0.2) is 11.4 Å². The molecular weight excluding hydrogens is 377 g/mol. The first-order valence-corrected chi connectivity index (χ1v) is 9.40. The molecule has 1 unspecified atom stereocenters. The third-order valence-electron chi connectivity index (χ3n) is 5.46. The lowest BCUT2D eigenvalue weighted by Crippen LogP contribution is -3.16. The quantitative estimate of drug-likeness (QED) is 0.683. The highest BCUT2D eigenvalue weighted by molar-refractivity contribution is 7.71. The summed E-state index contributed by atoms with van der Waals surface area (Å²) in [6.07, 6.45) is 0.227. The van der Waals surface area contributed by atoms with Crippen LogP contribution in [-0.2, 0) is 12.7 Å². The zero-order valence-electron chi connectivity index (χ0n) is 14.5. The standard InChI is InChI=1S/C18H19F3N4OS/c19-18(20,21)11-4-3-7-13(8-11)25-15-14(16(26)23-17(25)27)9-24(10-22-15)12-5-1-2-6-12/h3-4,7-8,12,22H,1-2,5-6,9-10H2,(H,23,26,27)/p+1. The molecular formula is C18H20F3N4OS+. The van der Waals surface area contributed by atoms with Gasteiger partial charge in [-0.2, -0.15) is 13.2 Å². The van der Waals surface area contributed by atoms with Gasteiger partial charge in [0.2, 0.25) is 0 Å². The van der Waals surface area contributed by atoms with Gasteiger partial charge in [0.25, 0.3) is 5.56 Å². The maximum absolute atomic E-state index is 13.1. The van der Waals surface area contributed by atoms with E-state index in [1.165, 1.54) is 28.4 Å². The molecule has 1 aliphatic heterocycles. The highest BCUT2D eigenvalue weighted by Crippen LogP contribution is 2.31. The van der Waals surface area contributed by atoms with E-state index >= 15 is 0 Å². The molecule has 5 nitrogen and oxygen atoms in total. The van der Waals surface area contributed by atoms with Crippen LogP contribution in [-0.4, -0.2) is 22.3 Å². The first-order chi connectivity index (χ1) is 12.8. The summed E-state index contributed by atoms with van der Waals surface area (Å²) in [5, 5.41) is 3.25. The van der Waals surface area contributed by atoms with Gasteiger partial charge in [-0.1, -0.05) is 6.07 Å². The molecule has 4 rings (SSSR count). The lowest BCUT2D eigenvalue weighted by molar-refractivity contribution is -0.936. The maximum atomic E-state index is 13.1. The number of nitrogens with one attached hydrogen (secondary N) is 3. The summed E-state index contributed by atoms with van der Waals surface area (Å²) in [4.78, 5) is 16.4. The summed E-state index contributed by atoms with van der Waals surface area (Å²) in [7, 11) is 0. The van der Waals surface area contributed by atoms with Crippen LogP contribution in [0.1, 0.15) is 36.8 Å². The van der Waals surface area contributed by atoms with Gasteiger partial charge in [-0.3, -0.25) is 14.3 Å². The topological polar surface area (TPSA) is 54.3 Å². The van der Waals surface area contributed by atoms with Crippen molar-refractivity contribution < 1.29 is 18.1 Å². The molecule has 1 aromatic carbocycles. The average Bonchev–Trinajstić information content (AvgIpc) is 3.16. The van der Waals surface area contributed by atoms with Crippen LogP contribution >= 0.6 is 12.2 Å². The minimum atomic E-state index is -4.45. The Labute approximate surface area is 158 Å². The van der Waals surface area contributed by atoms with E-state index in [1.807, 2.05) is 0 Å². The molecule has 9 heteroatoms. The molecule has 1 aromatic heterocycles. The molecule has 0 radical (unpaired) electrons. The Morgan fingerprint density at radius 3 is 2.67 bits per heavy atom. The monoisotopic (exact) mass is 397 g/mol. The first-order valence-electron chi connectivity index (χ1n) is 8.99. The van der Waals surface area contributed by atoms with Crippen molar-refractivity contribution in [1.29, 1.82) is 0 Å². The number of aromatic nitrogens is 2. The van der Waals surface area contributed by atoms with Gasteiger partial charge in [-0.05, 0) is 56.1 Å². The predicted molar refractivity (Wildman–Crippen MR) is 97.6 cm³/mol. The number of halogens is 3. The summed E-state index contributed by atoms with van der Waals surface area (Å²) < 4.78 is 40.9. The molecule has 2 aromatic rings. The second-order valence-electron chi connectivity index (χ2n) is 7.14. The van der Waals surface area contributed by atoms with Crippen molar-refractivity contribution in [3.63, 3.8) is 0 Å². The van der Waals surface area contributed by atoms with Crippen molar-refractivity contribution >= 4 is 18.0 Å². The maximum Gasteiger partial charge on any atom is 0.416 e. The lowest BCUT2D eigenvalue weighted by atomic mass is 10.1. The first kappa shape index (κ1) is 18.2. The van der Waals surface area contributed by atoms with Crippen molar-refractivity contribution in [2.45, 2.75) is 44.4 Å². The van der Waals surface area contributed by atoms with E-state index in [9.17, 15) is 18.0 Å². The lowest BCUT2D eigenvalue weighted by Gasteiger charge is -2.32. The SMILES string of the molecule is O=c1[nH]c(=S)n(-c2cccc(C(F)(F)F)c2)c2c1C[NH+](C1CCCC1)CN2. The van der Waals surface area contributed by atoms with E-state index in [1.54, 1.807) is 6.07 Å². The molecule has 2 aliphatic rings. The zero-order chi connectivity index (χ0) is 19.2. The van der Waals surface area contributed by atoms with E-state index in [0.717, 1.165) is 25.0 Å². The largest absolute Gasteiger partial charge is 0.416 e. The molecule has 1 aliphatic carbocycles. The number of fused-ring (bicyclic) bond motifs is 1. The van der Waals surface area contributed by atoms with Crippen molar-refractivity contribution in [2.75, 3.05) is 12.0 Å². The van der Waals surface area contributed by atoms with Crippen molar-refractivity contribution in [3.8, 4) is 5.69 Å². The van der Waals surface area contributed by atoms with Gasteiger partial charge in [0.1, 0.15) is 17.9 Å². The molecule has 0 saturated heterocycles. The highest BCUT2D eigenvalue weighted by Gasteiger charge is 2.33. The Hall–Kier alpha value is -2.13. The normalized spacial score (nSPS) is 20.3. The number of benzene rings is 1. The van der Waals surface area contributed by atoms with E-state index in [2.05, 4.69) is 10.3 Å². The Morgan fingerprint density at radius 2 is 1.96 bits per heavy atom. The molecule has 0 bridgehead atoms. The second-order valence-corrected chi connectivity index (χ2v) is 7.53. The number of hydrogen-bond acceptors (Lipinski definition) is 3. The fraction of sp³-hybridized carbons (Fsp3) is 0.444. The fourth-order valence-electron chi connectivity index (χ4n) is 4.10. The molecule has 144 valence electrons. The second kappa shape index (κ2) is 6.79. The molecule has 3 N–H and O–H groups in total. The molecule has 1 fully saturated rings. The molecule has 1 atom stereocenters. The van der Waals surface area contributed by atoms with Gasteiger partial charge in [-0.25, -0.2) is 0 Å². The number of aromatic amines is 1. The van der Waals surface area contributed by atoms with Crippen molar-refractivity contribution in [2.24, 2.45) is 0 Å². The van der Waals surface area contributed by atoms with E-state index < -0.39 is 11.7 Å². The zero-order valence-corrected chi connectivity index (χ0v) is 15.3. The minimum Gasteiger partial charge on any atom is -0.324 e. The Balaban J connectivity index is 1.79. The number of H-pyrrole nitrogens is 1. The van der Waals surface area contributed by atoms with Crippen LogP contribution in [0, 0.1) is 4.77 Å². The number of rotatable bonds is 2. The van der Waals surface area contributed by atoms with E-state index in [0.29, 0.717) is 30.6 Å². The summed E-state index contributed by atoms with van der Waals surface area (Å²) >= 11 is 5.26. The molecule has 0 amide bonds. The molecule has 2 heterocycles. The van der Waals surface area contributed by atoms with Crippen LogP contribution < -0.4 is 15.8 Å². The Morgan fingerprint density at radius 1 is 1.22 bits per heavy atom. The third kappa shape index (κ3) is 3.41. The number of nitrogens with zero attached hydrogens (tertiary/aromatic N) is 1. The van der Waals surface area contributed by atoms with Gasteiger partial charge in [0, 0.05) is 0 Å².